The summed E-state index contributed by atoms with van der Waals surface area (Å²) in [7, 11) is 1.53. The van der Waals surface area contributed by atoms with Gasteiger partial charge in [-0.2, -0.15) is 9.97 Å². The molecule has 0 unspecified atom stereocenters. The molecular formula is C24H29N7O5. The van der Waals surface area contributed by atoms with E-state index in [1.807, 2.05) is 4.90 Å². The van der Waals surface area contributed by atoms with Gasteiger partial charge in [-0.3, -0.25) is 9.69 Å². The predicted octanol–water partition coefficient (Wildman–Crippen LogP) is 1.81. The molecule has 36 heavy (non-hydrogen) atoms. The molecule has 190 valence electrons. The number of methoxy groups -OCH3 is 1. The minimum atomic E-state index is -0.0412. The predicted molar refractivity (Wildman–Crippen MR) is 130 cm³/mol. The molecule has 3 aromatic rings. The highest BCUT2D eigenvalue weighted by molar-refractivity contribution is 5.99. The van der Waals surface area contributed by atoms with Crippen molar-refractivity contribution in [3.63, 3.8) is 0 Å². The second-order valence-electron chi connectivity index (χ2n) is 8.97. The van der Waals surface area contributed by atoms with Crippen LogP contribution >= 0.6 is 0 Å². The third kappa shape index (κ3) is 4.26. The van der Waals surface area contributed by atoms with Gasteiger partial charge < -0.3 is 34.1 Å². The van der Waals surface area contributed by atoms with Crippen molar-refractivity contribution in [2.75, 3.05) is 65.0 Å². The molecule has 12 heteroatoms. The van der Waals surface area contributed by atoms with Crippen molar-refractivity contribution in [3.8, 4) is 17.4 Å². The number of morpholine rings is 1. The third-order valence-corrected chi connectivity index (χ3v) is 6.92. The zero-order chi connectivity index (χ0) is 24.5. The van der Waals surface area contributed by atoms with Crippen LogP contribution in [0, 0.1) is 0 Å². The molecular weight excluding hydrogens is 466 g/mol. The van der Waals surface area contributed by atoms with Crippen LogP contribution in [0.5, 0.6) is 17.4 Å². The van der Waals surface area contributed by atoms with Gasteiger partial charge in [-0.1, -0.05) is 0 Å². The maximum atomic E-state index is 13.5. The molecule has 0 aliphatic carbocycles. The van der Waals surface area contributed by atoms with Crippen molar-refractivity contribution in [1.29, 1.82) is 0 Å². The van der Waals surface area contributed by atoms with Crippen molar-refractivity contribution in [2.24, 2.45) is 0 Å². The fourth-order valence-electron chi connectivity index (χ4n) is 5.08. The van der Waals surface area contributed by atoms with Crippen LogP contribution in [0.15, 0.2) is 18.5 Å². The molecule has 2 saturated heterocycles. The Morgan fingerprint density at radius 3 is 2.61 bits per heavy atom. The highest BCUT2D eigenvalue weighted by Crippen LogP contribution is 2.42. The number of ether oxygens (including phenoxy) is 4. The number of aromatic amines is 1. The second-order valence-corrected chi connectivity index (χ2v) is 8.97. The minimum absolute atomic E-state index is 0.0412. The maximum absolute atomic E-state index is 13.5. The van der Waals surface area contributed by atoms with E-state index in [0.717, 1.165) is 39.1 Å². The molecule has 0 bridgehead atoms. The normalized spacial score (nSPS) is 18.9. The molecule has 3 aliphatic heterocycles. The molecule has 1 amide bonds. The van der Waals surface area contributed by atoms with E-state index in [1.165, 1.54) is 13.4 Å². The summed E-state index contributed by atoms with van der Waals surface area (Å²) in [6.45, 7) is 5.70. The topological polar surface area (TPSA) is 127 Å². The van der Waals surface area contributed by atoms with Crippen LogP contribution in [0.4, 0.5) is 11.6 Å². The number of hydrogen-bond acceptors (Lipinski definition) is 10. The molecule has 1 aromatic carbocycles. The van der Waals surface area contributed by atoms with Crippen LogP contribution < -0.4 is 19.5 Å². The Labute approximate surface area is 207 Å². The van der Waals surface area contributed by atoms with E-state index in [-0.39, 0.29) is 5.91 Å². The van der Waals surface area contributed by atoms with Crippen LogP contribution in [0.1, 0.15) is 23.2 Å². The molecule has 2 fully saturated rings. The number of nitrogens with one attached hydrogen (secondary N) is 2. The Morgan fingerprint density at radius 2 is 1.83 bits per heavy atom. The first-order valence-electron chi connectivity index (χ1n) is 12.3. The molecule has 12 nitrogen and oxygen atoms in total. The first-order valence-corrected chi connectivity index (χ1v) is 12.3. The minimum Gasteiger partial charge on any atom is -0.485 e. The largest absolute Gasteiger partial charge is 0.485 e. The number of benzene rings is 1. The quantitative estimate of drug-likeness (QED) is 0.541. The molecule has 0 saturated carbocycles. The standard InChI is InChI=1S/C24H29N7O5/c1-33-22-18-21(26-14-25-18)28-24(29-22)27-17-3-2-16(19-20(17)36-13-12-35-19)23(32)31-6-4-15(5-7-31)30-8-10-34-11-9-30/h2-3,14-15H,4-13H2,1H3,(H2,25,26,27,28,29). The van der Waals surface area contributed by atoms with Gasteiger partial charge in [-0.25, -0.2) is 4.98 Å². The number of likely N-dealkylation sites (tertiary alicyclic amines) is 1. The van der Waals surface area contributed by atoms with Crippen molar-refractivity contribution in [3.05, 3.63) is 24.0 Å². The zero-order valence-electron chi connectivity index (χ0n) is 20.2. The highest BCUT2D eigenvalue weighted by Gasteiger charge is 2.31. The number of aromatic nitrogens is 4. The number of carbonyl (C=O) groups is 1. The van der Waals surface area contributed by atoms with Gasteiger partial charge in [0.05, 0.1) is 37.9 Å². The van der Waals surface area contributed by atoms with E-state index in [4.69, 9.17) is 18.9 Å². The Hall–Kier alpha value is -3.64. The number of hydrogen-bond donors (Lipinski definition) is 2. The average Bonchev–Trinajstić information content (AvgIpc) is 3.42. The number of rotatable bonds is 5. The monoisotopic (exact) mass is 495 g/mol. The number of amides is 1. The number of H-pyrrole nitrogens is 1. The number of anilines is 2. The van der Waals surface area contributed by atoms with Gasteiger partial charge in [0.2, 0.25) is 11.8 Å². The van der Waals surface area contributed by atoms with Gasteiger partial charge in [-0.05, 0) is 25.0 Å². The lowest BCUT2D eigenvalue weighted by atomic mass is 10.0. The number of carbonyl (C=O) groups excluding carboxylic acids is 1. The smallest absolute Gasteiger partial charge is 0.257 e. The number of fused-ring (bicyclic) bond motifs is 2. The summed E-state index contributed by atoms with van der Waals surface area (Å²) in [5, 5.41) is 3.18. The van der Waals surface area contributed by atoms with Crippen molar-refractivity contribution in [2.45, 2.75) is 18.9 Å². The SMILES string of the molecule is COc1nc(Nc2ccc(C(=O)N3CCC(N4CCOCC4)CC3)c3c2OCCO3)nc2[nH]cnc12. The van der Waals surface area contributed by atoms with E-state index in [0.29, 0.717) is 78.1 Å². The van der Waals surface area contributed by atoms with E-state index < -0.39 is 0 Å². The van der Waals surface area contributed by atoms with Crippen molar-refractivity contribution in [1.82, 2.24) is 29.7 Å². The summed E-state index contributed by atoms with van der Waals surface area (Å²) in [5.74, 6) is 1.54. The Kier molecular flexibility index (Phi) is 6.20. The van der Waals surface area contributed by atoms with Crippen LogP contribution in [-0.2, 0) is 4.74 Å². The maximum Gasteiger partial charge on any atom is 0.257 e. The Morgan fingerprint density at radius 1 is 1.06 bits per heavy atom. The summed E-state index contributed by atoms with van der Waals surface area (Å²) in [4.78, 5) is 33.9. The van der Waals surface area contributed by atoms with Crippen LogP contribution in [0.3, 0.4) is 0 Å². The fourth-order valence-corrected chi connectivity index (χ4v) is 5.08. The highest BCUT2D eigenvalue weighted by atomic mass is 16.6. The lowest BCUT2D eigenvalue weighted by molar-refractivity contribution is 0.00152. The first-order chi connectivity index (χ1) is 17.7. The molecule has 2 aromatic heterocycles. The van der Waals surface area contributed by atoms with E-state index >= 15 is 0 Å². The second kappa shape index (κ2) is 9.78. The van der Waals surface area contributed by atoms with Gasteiger partial charge in [0.25, 0.3) is 5.91 Å². The van der Waals surface area contributed by atoms with Crippen LogP contribution in [0.2, 0.25) is 0 Å². The Balaban J connectivity index is 1.22. The molecule has 0 radical (unpaired) electrons. The van der Waals surface area contributed by atoms with Crippen molar-refractivity contribution < 1.29 is 23.7 Å². The third-order valence-electron chi connectivity index (χ3n) is 6.92. The lowest BCUT2D eigenvalue weighted by Gasteiger charge is -2.40. The summed E-state index contributed by atoms with van der Waals surface area (Å²) >= 11 is 0. The molecule has 2 N–H and O–H groups in total. The van der Waals surface area contributed by atoms with Gasteiger partial charge in [-0.15, -0.1) is 0 Å². The van der Waals surface area contributed by atoms with Crippen molar-refractivity contribution >= 4 is 28.7 Å². The average molecular weight is 496 g/mol. The molecule has 0 atom stereocenters. The number of imidazole rings is 1. The van der Waals surface area contributed by atoms with E-state index in [9.17, 15) is 4.79 Å². The summed E-state index contributed by atoms with van der Waals surface area (Å²) in [6.07, 6.45) is 3.45. The summed E-state index contributed by atoms with van der Waals surface area (Å²) in [6, 6.07) is 4.08. The van der Waals surface area contributed by atoms with Gasteiger partial charge in [0, 0.05) is 32.2 Å². The van der Waals surface area contributed by atoms with Crippen LogP contribution in [-0.4, -0.2) is 101 Å². The summed E-state index contributed by atoms with van der Waals surface area (Å²) in [5.41, 5.74) is 2.20. The van der Waals surface area contributed by atoms with Gasteiger partial charge >= 0.3 is 0 Å². The molecule has 5 heterocycles. The molecule has 6 rings (SSSR count). The molecule has 3 aliphatic rings. The summed E-state index contributed by atoms with van der Waals surface area (Å²) < 4.78 is 22.7. The zero-order valence-corrected chi connectivity index (χ0v) is 20.2. The van der Waals surface area contributed by atoms with Crippen LogP contribution in [0.25, 0.3) is 11.2 Å². The Bertz CT molecular complexity index is 1250. The molecule has 0 spiro atoms. The van der Waals surface area contributed by atoms with Gasteiger partial charge in [0.15, 0.2) is 22.7 Å². The number of piperidine rings is 1. The van der Waals surface area contributed by atoms with E-state index in [2.05, 4.69) is 30.2 Å². The number of nitrogens with zero attached hydrogens (tertiary/aromatic N) is 5. The van der Waals surface area contributed by atoms with Gasteiger partial charge in [0.1, 0.15) is 13.2 Å². The fraction of sp³-hybridized carbons (Fsp3) is 0.500. The lowest BCUT2D eigenvalue weighted by Crippen LogP contribution is -2.50. The first kappa shape index (κ1) is 22.8. The van der Waals surface area contributed by atoms with E-state index in [1.54, 1.807) is 12.1 Å².